The van der Waals surface area contributed by atoms with Gasteiger partial charge in [-0.1, -0.05) is 5.16 Å². The van der Waals surface area contributed by atoms with Crippen LogP contribution in [-0.4, -0.2) is 54.6 Å². The molecule has 1 aromatic heterocycles. The van der Waals surface area contributed by atoms with E-state index in [1.807, 2.05) is 0 Å². The largest absolute Gasteiger partial charge is 0.540 e. The van der Waals surface area contributed by atoms with Crippen LogP contribution in [0.25, 0.3) is 0 Å². The number of nitrogens with zero attached hydrogens (tertiary/aromatic N) is 2. The number of rotatable bonds is 5. The standard InChI is InChI=1S/C12H13BN2O6S/c1-7-14-8(6-22-7)9(10(16)17)15-21-12(11(18)20-13)2-4-19-5-3-12/h6H,2-5H2,1H3,(H,16,17)/b15-9-. The lowest BCUT2D eigenvalue weighted by atomic mass is 9.94. The summed E-state index contributed by atoms with van der Waals surface area (Å²) in [6.45, 7) is 2.24. The Bertz CT molecular complexity index is 596. The van der Waals surface area contributed by atoms with Gasteiger partial charge in [0.1, 0.15) is 5.69 Å². The lowest BCUT2D eigenvalue weighted by Gasteiger charge is -2.32. The summed E-state index contributed by atoms with van der Waals surface area (Å²) in [7, 11) is 4.92. The fraction of sp³-hybridized carbons (Fsp3) is 0.500. The molecule has 0 aliphatic carbocycles. The zero-order valence-corrected chi connectivity index (χ0v) is 12.6. The van der Waals surface area contributed by atoms with Crippen molar-refractivity contribution < 1.29 is 28.9 Å². The molecule has 0 atom stereocenters. The molecule has 8 nitrogen and oxygen atoms in total. The van der Waals surface area contributed by atoms with Crippen molar-refractivity contribution in [2.24, 2.45) is 5.16 Å². The van der Waals surface area contributed by atoms with Gasteiger partial charge in [0, 0.05) is 18.2 Å². The van der Waals surface area contributed by atoms with E-state index in [0.29, 0.717) is 5.01 Å². The zero-order valence-electron chi connectivity index (χ0n) is 11.8. The molecule has 2 heterocycles. The van der Waals surface area contributed by atoms with Crippen molar-refractivity contribution in [3.05, 3.63) is 16.1 Å². The van der Waals surface area contributed by atoms with Crippen LogP contribution in [0.15, 0.2) is 10.5 Å². The van der Waals surface area contributed by atoms with E-state index >= 15 is 0 Å². The Morgan fingerprint density at radius 1 is 1.50 bits per heavy atom. The van der Waals surface area contributed by atoms with Crippen LogP contribution in [0.5, 0.6) is 0 Å². The molecular weight excluding hydrogens is 311 g/mol. The van der Waals surface area contributed by atoms with Crippen LogP contribution in [0.2, 0.25) is 0 Å². The molecule has 116 valence electrons. The van der Waals surface area contributed by atoms with E-state index in [-0.39, 0.29) is 37.5 Å². The number of thiazole rings is 1. The summed E-state index contributed by atoms with van der Waals surface area (Å²) in [4.78, 5) is 32.5. The monoisotopic (exact) mass is 324 g/mol. The van der Waals surface area contributed by atoms with E-state index in [0.717, 1.165) is 0 Å². The van der Waals surface area contributed by atoms with Crippen LogP contribution in [0.1, 0.15) is 23.5 Å². The average molecular weight is 324 g/mol. The summed E-state index contributed by atoms with van der Waals surface area (Å²) in [6, 6.07) is 0. The molecular formula is C12H13BN2O6S. The van der Waals surface area contributed by atoms with E-state index in [1.54, 1.807) is 12.3 Å². The number of aryl methyl sites for hydroxylation is 1. The third kappa shape index (κ3) is 3.45. The van der Waals surface area contributed by atoms with Gasteiger partial charge in [-0.25, -0.2) is 14.6 Å². The Morgan fingerprint density at radius 2 is 2.18 bits per heavy atom. The van der Waals surface area contributed by atoms with Crippen molar-refractivity contribution in [3.63, 3.8) is 0 Å². The van der Waals surface area contributed by atoms with Crippen molar-refractivity contribution in [2.45, 2.75) is 25.4 Å². The van der Waals surface area contributed by atoms with Gasteiger partial charge in [-0.3, -0.25) is 0 Å². The second kappa shape index (κ2) is 6.88. The maximum atomic E-state index is 11.9. The van der Waals surface area contributed by atoms with Crippen LogP contribution in [0.4, 0.5) is 0 Å². The van der Waals surface area contributed by atoms with E-state index in [2.05, 4.69) is 14.8 Å². The summed E-state index contributed by atoms with van der Waals surface area (Å²) in [6.07, 6.45) is 0.324. The molecule has 1 N–H and O–H groups in total. The van der Waals surface area contributed by atoms with Crippen molar-refractivity contribution in [1.82, 2.24) is 4.98 Å². The van der Waals surface area contributed by atoms with Crippen LogP contribution in [0.3, 0.4) is 0 Å². The second-order valence-electron chi connectivity index (χ2n) is 4.60. The summed E-state index contributed by atoms with van der Waals surface area (Å²) in [5.74, 6) is -2.13. The number of carboxylic acid groups (broad SMARTS) is 1. The van der Waals surface area contributed by atoms with E-state index < -0.39 is 17.5 Å². The van der Waals surface area contributed by atoms with Crippen molar-refractivity contribution in [1.29, 1.82) is 0 Å². The first-order chi connectivity index (χ1) is 10.5. The highest BCUT2D eigenvalue weighted by atomic mass is 32.1. The smallest absolute Gasteiger partial charge is 0.378 e. The third-order valence-electron chi connectivity index (χ3n) is 3.16. The SMILES string of the molecule is [B]OC(=O)C1(O/N=C(\C(=O)O)c2csc(C)n2)CCOCC1. The van der Waals surface area contributed by atoms with E-state index in [4.69, 9.17) is 17.6 Å². The van der Waals surface area contributed by atoms with Gasteiger partial charge in [0.05, 0.1) is 18.2 Å². The molecule has 0 saturated carbocycles. The van der Waals surface area contributed by atoms with Crippen molar-refractivity contribution in [3.8, 4) is 0 Å². The van der Waals surface area contributed by atoms with Crippen molar-refractivity contribution in [2.75, 3.05) is 13.2 Å². The quantitative estimate of drug-likeness (QED) is 0.475. The van der Waals surface area contributed by atoms with Gasteiger partial charge in [0.25, 0.3) is 0 Å². The number of carboxylic acids is 1. The minimum absolute atomic E-state index is 0.162. The van der Waals surface area contributed by atoms with Crippen LogP contribution < -0.4 is 0 Å². The van der Waals surface area contributed by atoms with Crippen molar-refractivity contribution >= 4 is 37.0 Å². The molecule has 2 rings (SSSR count). The second-order valence-corrected chi connectivity index (χ2v) is 5.66. The fourth-order valence-electron chi connectivity index (χ4n) is 1.94. The Morgan fingerprint density at radius 3 is 2.68 bits per heavy atom. The lowest BCUT2D eigenvalue weighted by molar-refractivity contribution is -0.175. The molecule has 10 heteroatoms. The topological polar surface area (TPSA) is 107 Å². The molecule has 1 aromatic rings. The zero-order chi connectivity index (χ0) is 16.2. The molecule has 0 spiro atoms. The van der Waals surface area contributed by atoms with Gasteiger partial charge < -0.3 is 19.3 Å². The number of carbonyl (C=O) groups is 2. The minimum Gasteiger partial charge on any atom is -0.540 e. The molecule has 1 saturated heterocycles. The number of hydrogen-bond acceptors (Lipinski definition) is 8. The number of aromatic nitrogens is 1. The summed E-state index contributed by atoms with van der Waals surface area (Å²) < 4.78 is 9.40. The molecule has 22 heavy (non-hydrogen) atoms. The fourth-order valence-corrected chi connectivity index (χ4v) is 2.54. The first-order valence-electron chi connectivity index (χ1n) is 6.39. The summed E-state index contributed by atoms with van der Waals surface area (Å²) in [5, 5.41) is 15.1. The Kier molecular flexibility index (Phi) is 5.14. The molecule has 0 aromatic carbocycles. The molecule has 1 fully saturated rings. The highest BCUT2D eigenvalue weighted by molar-refractivity contribution is 7.09. The number of oxime groups is 1. The predicted molar refractivity (Wildman–Crippen MR) is 76.7 cm³/mol. The molecule has 0 bridgehead atoms. The van der Waals surface area contributed by atoms with Crippen LogP contribution >= 0.6 is 11.3 Å². The number of carbonyl (C=O) groups excluding carboxylic acids is 1. The van der Waals surface area contributed by atoms with Crippen LogP contribution in [0, 0.1) is 6.92 Å². The Balaban J connectivity index is 2.27. The maximum Gasteiger partial charge on any atom is 0.378 e. The van der Waals surface area contributed by atoms with Gasteiger partial charge in [-0.2, -0.15) is 0 Å². The number of hydrogen-bond donors (Lipinski definition) is 1. The van der Waals surface area contributed by atoms with Crippen LogP contribution in [-0.2, 0) is 23.8 Å². The first kappa shape index (κ1) is 16.4. The lowest BCUT2D eigenvalue weighted by Crippen LogP contribution is -2.46. The normalized spacial score (nSPS) is 17.8. The maximum absolute atomic E-state index is 11.9. The van der Waals surface area contributed by atoms with E-state index in [9.17, 15) is 14.7 Å². The summed E-state index contributed by atoms with van der Waals surface area (Å²) in [5.41, 5.74) is -1.67. The highest BCUT2D eigenvalue weighted by Crippen LogP contribution is 2.27. The highest BCUT2D eigenvalue weighted by Gasteiger charge is 2.44. The average Bonchev–Trinajstić information content (AvgIpc) is 2.93. The summed E-state index contributed by atoms with van der Waals surface area (Å²) >= 11 is 1.28. The Hall–Kier alpha value is -1.94. The van der Waals surface area contributed by atoms with Gasteiger partial charge in [0.15, 0.2) is 0 Å². The number of ether oxygens (including phenoxy) is 1. The molecule has 0 amide bonds. The van der Waals surface area contributed by atoms with Gasteiger partial charge in [0.2, 0.25) is 11.3 Å². The van der Waals surface area contributed by atoms with Gasteiger partial charge >= 0.3 is 20.0 Å². The van der Waals surface area contributed by atoms with Gasteiger partial charge in [-0.05, 0) is 6.92 Å². The molecule has 0 unspecified atom stereocenters. The Labute approximate surface area is 131 Å². The van der Waals surface area contributed by atoms with E-state index in [1.165, 1.54) is 11.3 Å². The molecule has 1 aliphatic rings. The minimum atomic E-state index is -1.45. The first-order valence-corrected chi connectivity index (χ1v) is 7.27. The van der Waals surface area contributed by atoms with Gasteiger partial charge in [-0.15, -0.1) is 11.3 Å². The third-order valence-corrected chi connectivity index (χ3v) is 3.93. The predicted octanol–water partition coefficient (Wildman–Crippen LogP) is 0.433. The molecule has 1 aliphatic heterocycles. The molecule has 2 radical (unpaired) electrons. The number of aliphatic carboxylic acids is 1.